The Morgan fingerprint density at radius 2 is 1.80 bits per heavy atom. The molecule has 2 fully saturated rings. The molecule has 3 aromatic rings. The Hall–Kier alpha value is -3.25. The summed E-state index contributed by atoms with van der Waals surface area (Å²) in [7, 11) is 1.99. The molecule has 1 aromatic heterocycles. The Labute approximate surface area is 175 Å². The third-order valence-corrected chi connectivity index (χ3v) is 6.46. The second-order valence-corrected chi connectivity index (χ2v) is 8.29. The number of likely N-dealkylation sites (N-methyl/N-ethyl adjacent to an activating group) is 1. The number of anilines is 1. The molecule has 6 heteroatoms. The van der Waals surface area contributed by atoms with E-state index in [-0.39, 0.29) is 17.4 Å². The van der Waals surface area contributed by atoms with E-state index in [0.717, 1.165) is 23.0 Å². The van der Waals surface area contributed by atoms with E-state index >= 15 is 0 Å². The first-order valence-electron chi connectivity index (χ1n) is 10.3. The highest BCUT2D eigenvalue weighted by molar-refractivity contribution is 5.98. The average molecular weight is 400 g/mol. The third-order valence-electron chi connectivity index (χ3n) is 6.46. The maximum Gasteiger partial charge on any atom is 0.255 e. The molecule has 2 aromatic carbocycles. The van der Waals surface area contributed by atoms with Gasteiger partial charge in [0.25, 0.3) is 5.91 Å². The molecule has 2 aliphatic rings. The summed E-state index contributed by atoms with van der Waals surface area (Å²) in [6, 6.07) is 19.5. The van der Waals surface area contributed by atoms with E-state index in [0.29, 0.717) is 31.7 Å². The fourth-order valence-corrected chi connectivity index (χ4v) is 4.64. The Morgan fingerprint density at radius 1 is 1.03 bits per heavy atom. The molecule has 0 aliphatic carbocycles. The molecule has 0 saturated carbocycles. The zero-order valence-corrected chi connectivity index (χ0v) is 17.0. The molecule has 30 heavy (non-hydrogen) atoms. The number of aromatic nitrogens is 1. The first kappa shape index (κ1) is 18.8. The van der Waals surface area contributed by atoms with Crippen LogP contribution in [0.25, 0.3) is 10.9 Å². The van der Waals surface area contributed by atoms with Crippen LogP contribution < -0.4 is 4.90 Å². The number of carbonyl (C=O) groups is 2. The zero-order valence-electron chi connectivity index (χ0n) is 17.0. The van der Waals surface area contributed by atoms with Crippen LogP contribution in [0.15, 0.2) is 66.9 Å². The Kier molecular flexibility index (Phi) is 4.51. The molecule has 0 radical (unpaired) electrons. The molecular formula is C24H24N4O2. The quantitative estimate of drug-likeness (QED) is 0.664. The van der Waals surface area contributed by atoms with Gasteiger partial charge in [-0.05, 0) is 37.7 Å². The molecule has 5 rings (SSSR count). The smallest absolute Gasteiger partial charge is 0.255 e. The lowest BCUT2D eigenvalue weighted by Gasteiger charge is -2.46. The van der Waals surface area contributed by atoms with Gasteiger partial charge in [-0.15, -0.1) is 0 Å². The van der Waals surface area contributed by atoms with E-state index in [4.69, 9.17) is 0 Å². The summed E-state index contributed by atoms with van der Waals surface area (Å²) in [6.45, 7) is 2.22. The van der Waals surface area contributed by atoms with E-state index in [2.05, 4.69) is 9.88 Å². The number of piperazine rings is 1. The van der Waals surface area contributed by atoms with Gasteiger partial charge >= 0.3 is 0 Å². The summed E-state index contributed by atoms with van der Waals surface area (Å²) < 4.78 is 0. The molecule has 2 aliphatic heterocycles. The van der Waals surface area contributed by atoms with E-state index in [9.17, 15) is 9.59 Å². The van der Waals surface area contributed by atoms with Crippen molar-refractivity contribution in [3.05, 3.63) is 72.4 Å². The number of nitrogens with zero attached hydrogens (tertiary/aromatic N) is 4. The van der Waals surface area contributed by atoms with Crippen LogP contribution in [-0.2, 0) is 4.79 Å². The number of pyridine rings is 1. The molecule has 3 heterocycles. The molecule has 0 bridgehead atoms. The zero-order chi connectivity index (χ0) is 20.7. The van der Waals surface area contributed by atoms with Gasteiger partial charge in [-0.3, -0.25) is 19.5 Å². The molecule has 2 saturated heterocycles. The SMILES string of the molecule is CN1CC(=O)N(c2ccccc2)C[C@]12CCN(C(=O)c1cnc3ccccc3c1)C2. The highest BCUT2D eigenvalue weighted by Gasteiger charge is 2.48. The predicted molar refractivity (Wildman–Crippen MR) is 116 cm³/mol. The van der Waals surface area contributed by atoms with Crippen molar-refractivity contribution in [3.63, 3.8) is 0 Å². The molecule has 0 N–H and O–H groups in total. The molecule has 152 valence electrons. The van der Waals surface area contributed by atoms with Gasteiger partial charge < -0.3 is 9.80 Å². The van der Waals surface area contributed by atoms with Gasteiger partial charge in [-0.1, -0.05) is 36.4 Å². The average Bonchev–Trinajstić information content (AvgIpc) is 3.21. The number of carbonyl (C=O) groups excluding carboxylic acids is 2. The van der Waals surface area contributed by atoms with Gasteiger partial charge in [0.2, 0.25) is 5.91 Å². The first-order chi connectivity index (χ1) is 14.6. The third kappa shape index (κ3) is 3.13. The maximum atomic E-state index is 13.2. The van der Waals surface area contributed by atoms with Crippen molar-refractivity contribution in [1.82, 2.24) is 14.8 Å². The fourth-order valence-electron chi connectivity index (χ4n) is 4.64. The van der Waals surface area contributed by atoms with Crippen LogP contribution in [0.2, 0.25) is 0 Å². The van der Waals surface area contributed by atoms with Crippen LogP contribution in [0.4, 0.5) is 5.69 Å². The van der Waals surface area contributed by atoms with Crippen LogP contribution in [0.1, 0.15) is 16.8 Å². The monoisotopic (exact) mass is 400 g/mol. The van der Waals surface area contributed by atoms with Gasteiger partial charge in [-0.2, -0.15) is 0 Å². The van der Waals surface area contributed by atoms with Crippen LogP contribution in [-0.4, -0.2) is 65.4 Å². The summed E-state index contributed by atoms with van der Waals surface area (Å²) in [5.41, 5.74) is 2.18. The van der Waals surface area contributed by atoms with Crippen molar-refractivity contribution in [3.8, 4) is 0 Å². The molecule has 1 spiro atoms. The van der Waals surface area contributed by atoms with Crippen molar-refractivity contribution in [1.29, 1.82) is 0 Å². The summed E-state index contributed by atoms with van der Waals surface area (Å²) in [5.74, 6) is 0.0968. The number of amides is 2. The second kappa shape index (κ2) is 7.22. The molecule has 0 unspecified atom stereocenters. The lowest BCUT2D eigenvalue weighted by molar-refractivity contribution is -0.123. The van der Waals surface area contributed by atoms with Gasteiger partial charge in [-0.25, -0.2) is 0 Å². The largest absolute Gasteiger partial charge is 0.337 e. The minimum Gasteiger partial charge on any atom is -0.337 e. The van der Waals surface area contributed by atoms with Crippen molar-refractivity contribution >= 4 is 28.4 Å². The molecule has 2 amide bonds. The van der Waals surface area contributed by atoms with Crippen molar-refractivity contribution in [2.24, 2.45) is 0 Å². The van der Waals surface area contributed by atoms with Gasteiger partial charge in [0.1, 0.15) is 0 Å². The molecule has 6 nitrogen and oxygen atoms in total. The van der Waals surface area contributed by atoms with Gasteiger partial charge in [0.15, 0.2) is 0 Å². The number of rotatable bonds is 2. The Balaban J connectivity index is 1.39. The number of benzene rings is 2. The van der Waals surface area contributed by atoms with Crippen molar-refractivity contribution < 1.29 is 9.59 Å². The summed E-state index contributed by atoms with van der Waals surface area (Å²) >= 11 is 0. The van der Waals surface area contributed by atoms with Gasteiger partial charge in [0.05, 0.1) is 23.2 Å². The van der Waals surface area contributed by atoms with E-state index in [1.54, 1.807) is 6.20 Å². The minimum absolute atomic E-state index is 0.00156. The number of fused-ring (bicyclic) bond motifs is 1. The Morgan fingerprint density at radius 3 is 2.63 bits per heavy atom. The van der Waals surface area contributed by atoms with Crippen LogP contribution in [0, 0.1) is 0 Å². The lowest BCUT2D eigenvalue weighted by Crippen LogP contribution is -2.64. The Bertz CT molecular complexity index is 1120. The number of hydrogen-bond donors (Lipinski definition) is 0. The van der Waals surface area contributed by atoms with E-state index in [1.165, 1.54) is 0 Å². The first-order valence-corrected chi connectivity index (χ1v) is 10.3. The predicted octanol–water partition coefficient (Wildman–Crippen LogP) is 2.80. The van der Waals surface area contributed by atoms with Gasteiger partial charge in [0, 0.05) is 36.9 Å². The number of para-hydroxylation sites is 2. The van der Waals surface area contributed by atoms with E-state index in [1.807, 2.05) is 77.5 Å². The fraction of sp³-hybridized carbons (Fsp3) is 0.292. The summed E-state index contributed by atoms with van der Waals surface area (Å²) in [6.07, 6.45) is 2.51. The molecule has 1 atom stereocenters. The van der Waals surface area contributed by atoms with Crippen molar-refractivity contribution in [2.75, 3.05) is 38.1 Å². The van der Waals surface area contributed by atoms with Crippen LogP contribution >= 0.6 is 0 Å². The second-order valence-electron chi connectivity index (χ2n) is 8.29. The summed E-state index contributed by atoms with van der Waals surface area (Å²) in [5, 5.41) is 0.966. The summed E-state index contributed by atoms with van der Waals surface area (Å²) in [4.78, 5) is 36.3. The normalized spacial score (nSPS) is 22.2. The standard InChI is InChI=1S/C24H24N4O2/c1-26-15-22(29)28(20-8-3-2-4-9-20)17-24(26)11-12-27(16-24)23(30)19-13-18-7-5-6-10-21(18)25-14-19/h2-10,13-14H,11-12,15-17H2,1H3/t24-/m1/s1. The van der Waals surface area contributed by atoms with Crippen LogP contribution in [0.5, 0.6) is 0 Å². The van der Waals surface area contributed by atoms with E-state index < -0.39 is 0 Å². The number of likely N-dealkylation sites (tertiary alicyclic amines) is 1. The maximum absolute atomic E-state index is 13.2. The number of hydrogen-bond acceptors (Lipinski definition) is 4. The lowest BCUT2D eigenvalue weighted by atomic mass is 9.92. The highest BCUT2D eigenvalue weighted by atomic mass is 16.2. The minimum atomic E-state index is -0.232. The topological polar surface area (TPSA) is 56.8 Å². The van der Waals surface area contributed by atoms with Crippen LogP contribution in [0.3, 0.4) is 0 Å². The van der Waals surface area contributed by atoms with Crippen molar-refractivity contribution in [2.45, 2.75) is 12.0 Å². The molecular weight excluding hydrogens is 376 g/mol. The highest BCUT2D eigenvalue weighted by Crippen LogP contribution is 2.34.